The molecule has 0 bridgehead atoms. The van der Waals surface area contributed by atoms with Gasteiger partial charge in [0.1, 0.15) is 0 Å². The molecule has 1 saturated carbocycles. The van der Waals surface area contributed by atoms with Gasteiger partial charge in [-0.1, -0.05) is 0 Å². The fourth-order valence-electron chi connectivity index (χ4n) is 4.86. The Morgan fingerprint density at radius 1 is 1.37 bits per heavy atom. The van der Waals surface area contributed by atoms with E-state index in [9.17, 15) is 14.4 Å². The number of carbonyl (C=O) groups excluding carboxylic acids is 3. The van der Waals surface area contributed by atoms with Crippen LogP contribution in [0.3, 0.4) is 0 Å². The Bertz CT molecular complexity index is 1170. The Balaban J connectivity index is 1.49. The lowest BCUT2D eigenvalue weighted by Crippen LogP contribution is -2.33. The molecule has 3 aliphatic rings. The molecule has 1 N–H and O–H groups in total. The van der Waals surface area contributed by atoms with Crippen molar-refractivity contribution in [1.82, 2.24) is 9.88 Å². The first-order valence-electron chi connectivity index (χ1n) is 9.60. The van der Waals surface area contributed by atoms with Gasteiger partial charge < -0.3 is 19.4 Å². The van der Waals surface area contributed by atoms with Gasteiger partial charge >= 0.3 is 5.97 Å². The molecular weight excluding hydrogens is 404 g/mol. The fourth-order valence-corrected chi connectivity index (χ4v) is 5.56. The molecule has 2 aliphatic carbocycles. The van der Waals surface area contributed by atoms with Crippen LogP contribution in [0.4, 0.5) is 0 Å². The second-order valence-electron chi connectivity index (χ2n) is 7.82. The highest BCUT2D eigenvalue weighted by atomic mass is 32.1. The molecule has 2 aromatic rings. The minimum Gasteiger partial charge on any atom is -0.487 e. The number of fused-ring (bicyclic) bond motifs is 1. The van der Waals surface area contributed by atoms with Crippen LogP contribution in [0, 0.1) is 12.8 Å². The van der Waals surface area contributed by atoms with Gasteiger partial charge in [-0.2, -0.15) is 0 Å². The van der Waals surface area contributed by atoms with Crippen LogP contribution in [0.15, 0.2) is 29.3 Å². The SMILES string of the molecule is COC(=O)c1c(C)[nH]c2c1[C@@]13C[C@@H]1CN(C(=O)/C=C/c1csc(OC)c1)C3=CC2=O. The van der Waals surface area contributed by atoms with Crippen molar-refractivity contribution >= 4 is 35.1 Å². The average molecular weight is 424 g/mol. The molecule has 2 fully saturated rings. The number of rotatable bonds is 4. The van der Waals surface area contributed by atoms with Crippen molar-refractivity contribution in [2.75, 3.05) is 20.8 Å². The van der Waals surface area contributed by atoms with E-state index in [1.54, 1.807) is 31.1 Å². The number of aromatic amines is 1. The zero-order valence-corrected chi connectivity index (χ0v) is 17.6. The van der Waals surface area contributed by atoms with E-state index >= 15 is 0 Å². The number of ketones is 1. The molecule has 0 radical (unpaired) electrons. The summed E-state index contributed by atoms with van der Waals surface area (Å²) in [7, 11) is 2.94. The summed E-state index contributed by atoms with van der Waals surface area (Å²) in [6.45, 7) is 2.29. The Kier molecular flexibility index (Phi) is 4.05. The number of thiophene rings is 1. The molecule has 7 nitrogen and oxygen atoms in total. The number of likely N-dealkylation sites (tertiary alicyclic amines) is 1. The number of hydrogen-bond donors (Lipinski definition) is 1. The summed E-state index contributed by atoms with van der Waals surface area (Å²) in [5.74, 6) is -0.676. The number of H-pyrrole nitrogens is 1. The molecule has 1 spiro atoms. The standard InChI is InChI=1S/C22H20N2O5S/c1-11-18(21(27)29-3)19-20(23-11)14(25)7-15-22(19)8-13(22)9-24(15)16(26)5-4-12-6-17(28-2)30-10-12/h4-7,10,13,23H,8-9H2,1-3H3/b5-4+/t13-,22+/m1/s1. The van der Waals surface area contributed by atoms with Gasteiger partial charge in [0.05, 0.1) is 25.5 Å². The number of allylic oxidation sites excluding steroid dienone is 2. The zero-order valence-electron chi connectivity index (χ0n) is 16.8. The first-order chi connectivity index (χ1) is 14.4. The van der Waals surface area contributed by atoms with Crippen LogP contribution in [0.2, 0.25) is 0 Å². The third-order valence-corrected chi connectivity index (χ3v) is 7.18. The van der Waals surface area contributed by atoms with Gasteiger partial charge in [-0.3, -0.25) is 9.59 Å². The molecule has 0 unspecified atom stereocenters. The number of aromatic nitrogens is 1. The van der Waals surface area contributed by atoms with Gasteiger partial charge in [-0.25, -0.2) is 4.79 Å². The molecule has 30 heavy (non-hydrogen) atoms. The minimum atomic E-state index is -0.466. The number of nitrogens with zero attached hydrogens (tertiary/aromatic N) is 1. The summed E-state index contributed by atoms with van der Waals surface area (Å²) < 4.78 is 10.2. The molecule has 1 saturated heterocycles. The molecule has 1 amide bonds. The highest BCUT2D eigenvalue weighted by molar-refractivity contribution is 7.12. The van der Waals surface area contributed by atoms with Crippen molar-refractivity contribution < 1.29 is 23.9 Å². The maximum absolute atomic E-state index is 13.0. The van der Waals surface area contributed by atoms with Crippen LogP contribution in [-0.2, 0) is 14.9 Å². The maximum atomic E-state index is 13.0. The number of methoxy groups -OCH3 is 2. The summed E-state index contributed by atoms with van der Waals surface area (Å²) >= 11 is 1.46. The van der Waals surface area contributed by atoms with E-state index < -0.39 is 11.4 Å². The number of nitrogens with one attached hydrogen (secondary N) is 1. The number of aryl methyl sites for hydroxylation is 1. The third kappa shape index (κ3) is 2.46. The van der Waals surface area contributed by atoms with E-state index in [4.69, 9.17) is 9.47 Å². The summed E-state index contributed by atoms with van der Waals surface area (Å²) in [4.78, 5) is 43.0. The third-order valence-electron chi connectivity index (χ3n) is 6.27. The lowest BCUT2D eigenvalue weighted by molar-refractivity contribution is -0.123. The Hall–Kier alpha value is -3.13. The van der Waals surface area contributed by atoms with Gasteiger partial charge in [-0.15, -0.1) is 11.3 Å². The average Bonchev–Trinajstić information content (AvgIpc) is 3.04. The number of esters is 1. The van der Waals surface area contributed by atoms with E-state index in [-0.39, 0.29) is 17.6 Å². The predicted octanol–water partition coefficient (Wildman–Crippen LogP) is 3.07. The van der Waals surface area contributed by atoms with Crippen molar-refractivity contribution in [2.24, 2.45) is 5.92 Å². The van der Waals surface area contributed by atoms with E-state index in [1.165, 1.54) is 24.5 Å². The smallest absolute Gasteiger partial charge is 0.340 e. The number of carbonyl (C=O) groups is 3. The molecule has 2 atom stereocenters. The molecule has 8 heteroatoms. The van der Waals surface area contributed by atoms with E-state index in [1.807, 2.05) is 11.4 Å². The highest BCUT2D eigenvalue weighted by Crippen LogP contribution is 2.67. The Morgan fingerprint density at radius 3 is 2.87 bits per heavy atom. The molecular formula is C22H20N2O5S. The normalized spacial score (nSPS) is 23.7. The first kappa shape index (κ1) is 18.9. The number of ether oxygens (including phenoxy) is 2. The number of hydrogen-bond acceptors (Lipinski definition) is 6. The highest BCUT2D eigenvalue weighted by Gasteiger charge is 2.68. The molecule has 3 heterocycles. The minimum absolute atomic E-state index is 0.180. The molecule has 0 aromatic carbocycles. The molecule has 5 rings (SSSR count). The van der Waals surface area contributed by atoms with Gasteiger partial charge in [-0.05, 0) is 37.0 Å². The van der Waals surface area contributed by atoms with Crippen molar-refractivity contribution in [1.29, 1.82) is 0 Å². The van der Waals surface area contributed by atoms with Gasteiger partial charge in [0.2, 0.25) is 5.78 Å². The monoisotopic (exact) mass is 424 g/mol. The van der Waals surface area contributed by atoms with Gasteiger partial charge in [0, 0.05) is 46.4 Å². The van der Waals surface area contributed by atoms with Crippen molar-refractivity contribution in [3.8, 4) is 5.06 Å². The summed E-state index contributed by atoms with van der Waals surface area (Å²) in [5.41, 5.74) is 3.28. The Labute approximate surface area is 177 Å². The van der Waals surface area contributed by atoms with E-state index in [2.05, 4.69) is 4.98 Å². The summed E-state index contributed by atoms with van der Waals surface area (Å²) in [5, 5.41) is 2.68. The number of amides is 1. The van der Waals surface area contributed by atoms with E-state index in [0.29, 0.717) is 34.8 Å². The van der Waals surface area contributed by atoms with Gasteiger partial charge in [0.15, 0.2) is 5.06 Å². The quantitative estimate of drug-likeness (QED) is 0.602. The molecule has 2 aromatic heterocycles. The van der Waals surface area contributed by atoms with Crippen molar-refractivity contribution in [3.63, 3.8) is 0 Å². The van der Waals surface area contributed by atoms with Crippen molar-refractivity contribution in [3.05, 3.63) is 57.4 Å². The van der Waals surface area contributed by atoms with Crippen LogP contribution in [0.25, 0.3) is 6.08 Å². The van der Waals surface area contributed by atoms with Gasteiger partial charge in [0.25, 0.3) is 5.91 Å². The maximum Gasteiger partial charge on any atom is 0.340 e. The summed E-state index contributed by atoms with van der Waals surface area (Å²) in [6, 6.07) is 1.86. The second-order valence-corrected chi connectivity index (χ2v) is 8.69. The van der Waals surface area contributed by atoms with Crippen LogP contribution in [-0.4, -0.2) is 48.3 Å². The topological polar surface area (TPSA) is 88.7 Å². The van der Waals surface area contributed by atoms with E-state index in [0.717, 1.165) is 17.0 Å². The Morgan fingerprint density at radius 2 is 2.17 bits per heavy atom. The first-order valence-corrected chi connectivity index (χ1v) is 10.5. The number of piperidine rings is 1. The largest absolute Gasteiger partial charge is 0.487 e. The molecule has 1 aliphatic heterocycles. The van der Waals surface area contributed by atoms with Crippen LogP contribution >= 0.6 is 11.3 Å². The van der Waals surface area contributed by atoms with Crippen molar-refractivity contribution in [2.45, 2.75) is 18.8 Å². The molecule has 154 valence electrons. The van der Waals surface area contributed by atoms with Crippen LogP contribution in [0.1, 0.15) is 44.1 Å². The summed E-state index contributed by atoms with van der Waals surface area (Å²) in [6.07, 6.45) is 5.63. The lowest BCUT2D eigenvalue weighted by Gasteiger charge is -2.27. The zero-order chi connectivity index (χ0) is 21.2. The van der Waals surface area contributed by atoms with Crippen LogP contribution < -0.4 is 4.74 Å². The van der Waals surface area contributed by atoms with Crippen LogP contribution in [0.5, 0.6) is 5.06 Å². The lowest BCUT2D eigenvalue weighted by atomic mass is 9.82. The predicted molar refractivity (Wildman–Crippen MR) is 111 cm³/mol. The fraction of sp³-hybridized carbons (Fsp3) is 0.318. The second kappa shape index (κ2) is 6.43.